The minimum atomic E-state index is -0.382. The summed E-state index contributed by atoms with van der Waals surface area (Å²) in [4.78, 5) is 25.4. The van der Waals surface area contributed by atoms with Gasteiger partial charge in [0.2, 0.25) is 5.91 Å². The average molecular weight is 328 g/mol. The summed E-state index contributed by atoms with van der Waals surface area (Å²) in [7, 11) is 0. The highest BCUT2D eigenvalue weighted by atomic mass is 19.1. The summed E-state index contributed by atoms with van der Waals surface area (Å²) in [5.74, 6) is -0.714. The molecule has 2 aromatic rings. The Labute approximate surface area is 141 Å². The lowest BCUT2D eigenvalue weighted by molar-refractivity contribution is -0.129. The van der Waals surface area contributed by atoms with Crippen LogP contribution in [0.15, 0.2) is 48.5 Å². The van der Waals surface area contributed by atoms with Crippen LogP contribution in [-0.4, -0.2) is 29.8 Å². The first-order valence-electron chi connectivity index (χ1n) is 7.80. The fourth-order valence-corrected chi connectivity index (χ4v) is 2.39. The topological polar surface area (TPSA) is 49.4 Å². The van der Waals surface area contributed by atoms with Crippen LogP contribution in [0, 0.1) is 12.7 Å². The van der Waals surface area contributed by atoms with Crippen molar-refractivity contribution in [2.24, 2.45) is 0 Å². The van der Waals surface area contributed by atoms with Crippen molar-refractivity contribution in [2.45, 2.75) is 20.4 Å². The number of hydrogen-bond donors (Lipinski definition) is 1. The van der Waals surface area contributed by atoms with Crippen molar-refractivity contribution >= 4 is 11.8 Å². The molecule has 0 aliphatic carbocycles. The summed E-state index contributed by atoms with van der Waals surface area (Å²) in [5.41, 5.74) is 2.58. The van der Waals surface area contributed by atoms with E-state index in [-0.39, 0.29) is 17.6 Å². The number of rotatable bonds is 6. The molecule has 0 heterocycles. The lowest BCUT2D eigenvalue weighted by Gasteiger charge is -2.21. The first-order valence-corrected chi connectivity index (χ1v) is 7.80. The molecule has 0 bridgehead atoms. The van der Waals surface area contributed by atoms with Crippen molar-refractivity contribution in [2.75, 3.05) is 13.1 Å². The molecule has 4 nitrogen and oxygen atoms in total. The highest BCUT2D eigenvalue weighted by Crippen LogP contribution is 2.08. The molecule has 0 aliphatic heterocycles. The van der Waals surface area contributed by atoms with Gasteiger partial charge in [-0.1, -0.05) is 29.8 Å². The van der Waals surface area contributed by atoms with E-state index >= 15 is 0 Å². The largest absolute Gasteiger partial charge is 0.350 e. The van der Waals surface area contributed by atoms with Gasteiger partial charge in [0, 0.05) is 32.1 Å². The summed E-state index contributed by atoms with van der Waals surface area (Å²) in [5, 5.41) is 2.75. The van der Waals surface area contributed by atoms with Crippen LogP contribution in [-0.2, 0) is 11.3 Å². The first-order chi connectivity index (χ1) is 11.5. The number of benzene rings is 2. The second kappa shape index (κ2) is 8.24. The zero-order valence-electron chi connectivity index (χ0n) is 13.9. The third-order valence-corrected chi connectivity index (χ3v) is 3.67. The standard InChI is InChI=1S/C19H21FN2O2/c1-14-4-3-5-16(12-14)13-22(15(2)23)11-10-21-19(24)17-6-8-18(20)9-7-17/h3-9,12H,10-11,13H2,1-2H3,(H,21,24). The molecular formula is C19H21FN2O2. The summed E-state index contributed by atoms with van der Waals surface area (Å²) >= 11 is 0. The van der Waals surface area contributed by atoms with Crippen molar-refractivity contribution in [3.63, 3.8) is 0 Å². The molecule has 0 aromatic heterocycles. The van der Waals surface area contributed by atoms with Gasteiger partial charge in [0.25, 0.3) is 5.91 Å². The van der Waals surface area contributed by atoms with Gasteiger partial charge < -0.3 is 10.2 Å². The van der Waals surface area contributed by atoms with E-state index in [1.807, 2.05) is 31.2 Å². The molecule has 2 rings (SSSR count). The number of nitrogens with one attached hydrogen (secondary N) is 1. The monoisotopic (exact) mass is 328 g/mol. The fourth-order valence-electron chi connectivity index (χ4n) is 2.39. The normalized spacial score (nSPS) is 10.3. The summed E-state index contributed by atoms with van der Waals surface area (Å²) < 4.78 is 12.9. The van der Waals surface area contributed by atoms with Gasteiger partial charge in [0.1, 0.15) is 5.82 Å². The quantitative estimate of drug-likeness (QED) is 0.886. The van der Waals surface area contributed by atoms with Gasteiger partial charge in [-0.05, 0) is 36.8 Å². The summed E-state index contributed by atoms with van der Waals surface area (Å²) in [6.07, 6.45) is 0. The van der Waals surface area contributed by atoms with Gasteiger partial charge in [-0.15, -0.1) is 0 Å². The molecule has 2 amide bonds. The Morgan fingerprint density at radius 2 is 1.83 bits per heavy atom. The molecule has 0 saturated heterocycles. The van der Waals surface area contributed by atoms with E-state index in [0.717, 1.165) is 11.1 Å². The van der Waals surface area contributed by atoms with Crippen LogP contribution in [0.25, 0.3) is 0 Å². The zero-order chi connectivity index (χ0) is 17.5. The second-order valence-corrected chi connectivity index (χ2v) is 5.69. The Balaban J connectivity index is 1.88. The van der Waals surface area contributed by atoms with E-state index in [2.05, 4.69) is 5.32 Å². The molecule has 0 spiro atoms. The molecule has 5 heteroatoms. The molecule has 24 heavy (non-hydrogen) atoms. The molecule has 0 aliphatic rings. The molecule has 126 valence electrons. The fraction of sp³-hybridized carbons (Fsp3) is 0.263. The molecular weight excluding hydrogens is 307 g/mol. The maximum absolute atomic E-state index is 12.9. The van der Waals surface area contributed by atoms with Crippen LogP contribution in [0.1, 0.15) is 28.4 Å². The number of carbonyl (C=O) groups is 2. The Kier molecular flexibility index (Phi) is 6.07. The van der Waals surface area contributed by atoms with E-state index in [1.165, 1.54) is 31.2 Å². The van der Waals surface area contributed by atoms with Crippen LogP contribution in [0.3, 0.4) is 0 Å². The molecule has 2 aromatic carbocycles. The maximum Gasteiger partial charge on any atom is 0.251 e. The van der Waals surface area contributed by atoms with Crippen LogP contribution < -0.4 is 5.32 Å². The highest BCUT2D eigenvalue weighted by molar-refractivity contribution is 5.94. The van der Waals surface area contributed by atoms with Crippen molar-refractivity contribution in [3.8, 4) is 0 Å². The third-order valence-electron chi connectivity index (χ3n) is 3.67. The number of aryl methyl sites for hydroxylation is 1. The lowest BCUT2D eigenvalue weighted by atomic mass is 10.1. The van der Waals surface area contributed by atoms with Crippen LogP contribution in [0.4, 0.5) is 4.39 Å². The maximum atomic E-state index is 12.9. The lowest BCUT2D eigenvalue weighted by Crippen LogP contribution is -2.37. The zero-order valence-corrected chi connectivity index (χ0v) is 13.9. The molecule has 0 radical (unpaired) electrons. The predicted octanol–water partition coefficient (Wildman–Crippen LogP) is 2.91. The summed E-state index contributed by atoms with van der Waals surface area (Å²) in [6.45, 7) is 4.77. The highest BCUT2D eigenvalue weighted by Gasteiger charge is 2.11. The smallest absolute Gasteiger partial charge is 0.251 e. The van der Waals surface area contributed by atoms with E-state index in [4.69, 9.17) is 0 Å². The first kappa shape index (κ1) is 17.7. The number of nitrogens with zero attached hydrogens (tertiary/aromatic N) is 1. The Hall–Kier alpha value is -2.69. The Morgan fingerprint density at radius 3 is 2.46 bits per heavy atom. The van der Waals surface area contributed by atoms with Gasteiger partial charge >= 0.3 is 0 Å². The van der Waals surface area contributed by atoms with E-state index in [0.29, 0.717) is 25.2 Å². The number of carbonyl (C=O) groups excluding carboxylic acids is 2. The van der Waals surface area contributed by atoms with Crippen LogP contribution in [0.2, 0.25) is 0 Å². The second-order valence-electron chi connectivity index (χ2n) is 5.69. The van der Waals surface area contributed by atoms with Gasteiger partial charge in [-0.2, -0.15) is 0 Å². The minimum Gasteiger partial charge on any atom is -0.350 e. The van der Waals surface area contributed by atoms with Gasteiger partial charge in [0.05, 0.1) is 0 Å². The third kappa shape index (κ3) is 5.19. The van der Waals surface area contributed by atoms with Crippen LogP contribution >= 0.6 is 0 Å². The average Bonchev–Trinajstić information content (AvgIpc) is 2.54. The van der Waals surface area contributed by atoms with Crippen LogP contribution in [0.5, 0.6) is 0 Å². The van der Waals surface area contributed by atoms with Crippen molar-refractivity contribution < 1.29 is 14.0 Å². The van der Waals surface area contributed by atoms with E-state index in [9.17, 15) is 14.0 Å². The number of hydrogen-bond acceptors (Lipinski definition) is 2. The molecule has 0 fully saturated rings. The van der Waals surface area contributed by atoms with Crippen molar-refractivity contribution in [1.82, 2.24) is 10.2 Å². The SMILES string of the molecule is CC(=O)N(CCNC(=O)c1ccc(F)cc1)Cc1cccc(C)c1. The predicted molar refractivity (Wildman–Crippen MR) is 91.0 cm³/mol. The molecule has 0 unspecified atom stereocenters. The minimum absolute atomic E-state index is 0.0486. The van der Waals surface area contributed by atoms with Gasteiger partial charge in [-0.3, -0.25) is 9.59 Å². The molecule has 0 atom stereocenters. The van der Waals surface area contributed by atoms with Crippen molar-refractivity contribution in [1.29, 1.82) is 0 Å². The van der Waals surface area contributed by atoms with Crippen molar-refractivity contribution in [3.05, 3.63) is 71.0 Å². The Bertz CT molecular complexity index is 714. The summed E-state index contributed by atoms with van der Waals surface area (Å²) in [6, 6.07) is 13.3. The molecule has 1 N–H and O–H groups in total. The Morgan fingerprint density at radius 1 is 1.12 bits per heavy atom. The number of halogens is 1. The molecule has 0 saturated carbocycles. The van der Waals surface area contributed by atoms with E-state index in [1.54, 1.807) is 4.90 Å². The number of amides is 2. The van der Waals surface area contributed by atoms with E-state index < -0.39 is 0 Å². The van der Waals surface area contributed by atoms with Gasteiger partial charge in [0.15, 0.2) is 0 Å². The van der Waals surface area contributed by atoms with Gasteiger partial charge in [-0.25, -0.2) is 4.39 Å².